The quantitative estimate of drug-likeness (QED) is 0.838. The van der Waals surface area contributed by atoms with Crippen LogP contribution < -0.4 is 0 Å². The van der Waals surface area contributed by atoms with Crippen molar-refractivity contribution in [1.82, 2.24) is 4.90 Å². The summed E-state index contributed by atoms with van der Waals surface area (Å²) in [5.41, 5.74) is 2.57. The van der Waals surface area contributed by atoms with Gasteiger partial charge in [0, 0.05) is 31.1 Å². The van der Waals surface area contributed by atoms with Crippen LogP contribution in [0.4, 0.5) is 0 Å². The van der Waals surface area contributed by atoms with Crippen LogP contribution in [0.2, 0.25) is 0 Å². The molecule has 20 heavy (non-hydrogen) atoms. The SMILES string of the molecule is CCCCN(C)C(=O)c1ccc(C)c(C#CCCO)c1. The summed E-state index contributed by atoms with van der Waals surface area (Å²) in [5, 5.41) is 8.75. The Balaban J connectivity index is 2.89. The molecule has 0 saturated carbocycles. The number of hydrogen-bond donors (Lipinski definition) is 1. The maximum absolute atomic E-state index is 12.3. The second-order valence-corrected chi connectivity index (χ2v) is 4.89. The second-order valence-electron chi connectivity index (χ2n) is 4.89. The molecular weight excluding hydrogens is 250 g/mol. The Bertz CT molecular complexity index is 511. The molecule has 1 rings (SSSR count). The molecule has 1 aromatic rings. The summed E-state index contributed by atoms with van der Waals surface area (Å²) in [4.78, 5) is 14.0. The standard InChI is InChI=1S/C17H23NO2/c1-4-5-11-18(3)17(20)16-10-9-14(2)15(13-16)8-6-7-12-19/h9-10,13,19H,4-5,7,11-12H2,1-3H3. The van der Waals surface area contributed by atoms with Crippen LogP contribution in [0, 0.1) is 18.8 Å². The van der Waals surface area contributed by atoms with Gasteiger partial charge in [-0.25, -0.2) is 0 Å². The summed E-state index contributed by atoms with van der Waals surface area (Å²) >= 11 is 0. The van der Waals surface area contributed by atoms with Crippen LogP contribution in [0.1, 0.15) is 47.7 Å². The summed E-state index contributed by atoms with van der Waals surface area (Å²) in [6.07, 6.45) is 2.54. The highest BCUT2D eigenvalue weighted by Gasteiger charge is 2.11. The van der Waals surface area contributed by atoms with Gasteiger partial charge in [0.15, 0.2) is 0 Å². The van der Waals surface area contributed by atoms with Crippen LogP contribution in [0.5, 0.6) is 0 Å². The molecule has 0 aliphatic carbocycles. The summed E-state index contributed by atoms with van der Waals surface area (Å²) in [5.74, 6) is 5.94. The van der Waals surface area contributed by atoms with Crippen molar-refractivity contribution >= 4 is 5.91 Å². The van der Waals surface area contributed by atoms with E-state index in [1.165, 1.54) is 0 Å². The van der Waals surface area contributed by atoms with Crippen molar-refractivity contribution in [2.45, 2.75) is 33.1 Å². The predicted octanol–water partition coefficient (Wildman–Crippen LogP) is 2.60. The number of aryl methyl sites for hydroxylation is 1. The van der Waals surface area contributed by atoms with Crippen LogP contribution in [-0.4, -0.2) is 36.1 Å². The molecule has 108 valence electrons. The Labute approximate surface area is 121 Å². The van der Waals surface area contributed by atoms with Crippen molar-refractivity contribution in [3.63, 3.8) is 0 Å². The zero-order valence-corrected chi connectivity index (χ0v) is 12.6. The highest BCUT2D eigenvalue weighted by molar-refractivity contribution is 5.94. The summed E-state index contributed by atoms with van der Waals surface area (Å²) in [7, 11) is 1.83. The van der Waals surface area contributed by atoms with E-state index in [-0.39, 0.29) is 12.5 Å². The molecule has 0 aromatic heterocycles. The monoisotopic (exact) mass is 273 g/mol. The summed E-state index contributed by atoms with van der Waals surface area (Å²) in [6.45, 7) is 4.91. The van der Waals surface area contributed by atoms with Gasteiger partial charge in [-0.3, -0.25) is 4.79 Å². The van der Waals surface area contributed by atoms with Gasteiger partial charge < -0.3 is 10.0 Å². The minimum atomic E-state index is 0.0312. The van der Waals surface area contributed by atoms with Gasteiger partial charge in [0.1, 0.15) is 0 Å². The molecule has 0 aliphatic heterocycles. The van der Waals surface area contributed by atoms with Crippen LogP contribution >= 0.6 is 0 Å². The van der Waals surface area contributed by atoms with Gasteiger partial charge in [-0.2, -0.15) is 0 Å². The van der Waals surface area contributed by atoms with Gasteiger partial charge in [-0.15, -0.1) is 0 Å². The van der Waals surface area contributed by atoms with Crippen LogP contribution in [0.3, 0.4) is 0 Å². The van der Waals surface area contributed by atoms with Gasteiger partial charge >= 0.3 is 0 Å². The van der Waals surface area contributed by atoms with Crippen LogP contribution in [0.15, 0.2) is 18.2 Å². The number of benzene rings is 1. The van der Waals surface area contributed by atoms with Crippen molar-refractivity contribution in [3.05, 3.63) is 34.9 Å². The fourth-order valence-corrected chi connectivity index (χ4v) is 1.82. The van der Waals surface area contributed by atoms with Gasteiger partial charge in [-0.05, 0) is 31.0 Å². The third-order valence-corrected chi connectivity index (χ3v) is 3.14. The molecule has 0 atom stereocenters. The highest BCUT2D eigenvalue weighted by Crippen LogP contribution is 2.12. The largest absolute Gasteiger partial charge is 0.395 e. The fraction of sp³-hybridized carbons (Fsp3) is 0.471. The third kappa shape index (κ3) is 4.71. The molecule has 0 fully saturated rings. The minimum Gasteiger partial charge on any atom is -0.395 e. The summed E-state index contributed by atoms with van der Waals surface area (Å²) in [6, 6.07) is 5.60. The Morgan fingerprint density at radius 2 is 2.15 bits per heavy atom. The molecule has 0 radical (unpaired) electrons. The molecule has 3 nitrogen and oxygen atoms in total. The summed E-state index contributed by atoms with van der Waals surface area (Å²) < 4.78 is 0. The van der Waals surface area contributed by atoms with E-state index in [2.05, 4.69) is 18.8 Å². The normalized spacial score (nSPS) is 9.80. The van der Waals surface area contributed by atoms with E-state index < -0.39 is 0 Å². The molecular formula is C17H23NO2. The highest BCUT2D eigenvalue weighted by atomic mass is 16.2. The van der Waals surface area contributed by atoms with E-state index in [0.717, 1.165) is 30.5 Å². The Morgan fingerprint density at radius 1 is 1.40 bits per heavy atom. The molecule has 0 saturated heterocycles. The smallest absolute Gasteiger partial charge is 0.253 e. The maximum atomic E-state index is 12.3. The van der Waals surface area contributed by atoms with Crippen LogP contribution in [-0.2, 0) is 0 Å². The molecule has 1 N–H and O–H groups in total. The number of unbranched alkanes of at least 4 members (excludes halogenated alkanes) is 1. The molecule has 0 spiro atoms. The van der Waals surface area contributed by atoms with Gasteiger partial charge in [0.2, 0.25) is 0 Å². The number of rotatable bonds is 5. The van der Waals surface area contributed by atoms with E-state index in [9.17, 15) is 4.79 Å². The first-order valence-corrected chi connectivity index (χ1v) is 7.06. The minimum absolute atomic E-state index is 0.0312. The Kier molecular flexibility index (Phi) is 6.83. The Hall–Kier alpha value is -1.79. The topological polar surface area (TPSA) is 40.5 Å². The predicted molar refractivity (Wildman–Crippen MR) is 81.6 cm³/mol. The molecule has 0 heterocycles. The molecule has 0 unspecified atom stereocenters. The lowest BCUT2D eigenvalue weighted by molar-refractivity contribution is 0.0793. The zero-order chi connectivity index (χ0) is 15.0. The number of carbonyl (C=O) groups excluding carboxylic acids is 1. The lowest BCUT2D eigenvalue weighted by Crippen LogP contribution is -2.27. The van der Waals surface area contributed by atoms with Crippen molar-refractivity contribution in [2.24, 2.45) is 0 Å². The van der Waals surface area contributed by atoms with E-state index in [1.807, 2.05) is 32.2 Å². The Morgan fingerprint density at radius 3 is 2.80 bits per heavy atom. The fourth-order valence-electron chi connectivity index (χ4n) is 1.82. The number of aliphatic hydroxyl groups excluding tert-OH is 1. The lowest BCUT2D eigenvalue weighted by Gasteiger charge is -2.17. The number of amides is 1. The van der Waals surface area contributed by atoms with E-state index in [0.29, 0.717) is 12.0 Å². The van der Waals surface area contributed by atoms with Crippen molar-refractivity contribution in [2.75, 3.05) is 20.2 Å². The molecule has 0 bridgehead atoms. The number of nitrogens with zero attached hydrogens (tertiary/aromatic N) is 1. The first kappa shape index (κ1) is 16.3. The van der Waals surface area contributed by atoms with Gasteiger partial charge in [0.25, 0.3) is 5.91 Å². The zero-order valence-electron chi connectivity index (χ0n) is 12.6. The van der Waals surface area contributed by atoms with Crippen molar-refractivity contribution in [1.29, 1.82) is 0 Å². The van der Waals surface area contributed by atoms with Crippen LogP contribution in [0.25, 0.3) is 0 Å². The average Bonchev–Trinajstić information content (AvgIpc) is 2.46. The lowest BCUT2D eigenvalue weighted by atomic mass is 10.0. The first-order chi connectivity index (χ1) is 9.60. The second kappa shape index (κ2) is 8.39. The third-order valence-electron chi connectivity index (χ3n) is 3.14. The van der Waals surface area contributed by atoms with Crippen molar-refractivity contribution in [3.8, 4) is 11.8 Å². The first-order valence-electron chi connectivity index (χ1n) is 7.06. The average molecular weight is 273 g/mol. The van der Waals surface area contributed by atoms with Gasteiger partial charge in [-0.1, -0.05) is 31.3 Å². The van der Waals surface area contributed by atoms with Crippen molar-refractivity contribution < 1.29 is 9.90 Å². The number of aliphatic hydroxyl groups is 1. The van der Waals surface area contributed by atoms with Gasteiger partial charge in [0.05, 0.1) is 6.61 Å². The van der Waals surface area contributed by atoms with E-state index in [1.54, 1.807) is 4.90 Å². The maximum Gasteiger partial charge on any atom is 0.253 e. The van der Waals surface area contributed by atoms with E-state index in [4.69, 9.17) is 5.11 Å². The van der Waals surface area contributed by atoms with E-state index >= 15 is 0 Å². The molecule has 0 aliphatic rings. The molecule has 1 aromatic carbocycles. The molecule has 3 heteroatoms. The number of hydrogen-bond acceptors (Lipinski definition) is 2. The number of carbonyl (C=O) groups is 1. The molecule has 1 amide bonds.